The number of aryl methyl sites for hydroxylation is 1. The fourth-order valence-corrected chi connectivity index (χ4v) is 1.80. The summed E-state index contributed by atoms with van der Waals surface area (Å²) in [6.45, 7) is 5.73. The van der Waals surface area contributed by atoms with E-state index in [0.717, 1.165) is 31.0 Å². The summed E-state index contributed by atoms with van der Waals surface area (Å²) in [4.78, 5) is 0. The van der Waals surface area contributed by atoms with Crippen LogP contribution in [0, 0.1) is 6.92 Å². The Balaban J connectivity index is 1.91. The first-order valence-corrected chi connectivity index (χ1v) is 6.65. The highest BCUT2D eigenvalue weighted by Gasteiger charge is 2.03. The van der Waals surface area contributed by atoms with E-state index in [4.69, 9.17) is 4.74 Å². The Bertz CT molecular complexity index is 517. The normalized spacial score (nSPS) is 10.5. The second kappa shape index (κ2) is 6.27. The molecule has 4 nitrogen and oxygen atoms in total. The van der Waals surface area contributed by atoms with Gasteiger partial charge in [0.15, 0.2) is 0 Å². The maximum atomic E-state index is 5.55. The van der Waals surface area contributed by atoms with Crippen molar-refractivity contribution in [3.05, 3.63) is 41.7 Å². The van der Waals surface area contributed by atoms with E-state index >= 15 is 0 Å². The van der Waals surface area contributed by atoms with Gasteiger partial charge < -0.3 is 10.1 Å². The molecule has 0 saturated heterocycles. The Morgan fingerprint density at radius 3 is 2.58 bits per heavy atom. The van der Waals surface area contributed by atoms with Crippen LogP contribution in [0.2, 0.25) is 0 Å². The Labute approximate surface area is 114 Å². The highest BCUT2D eigenvalue weighted by Crippen LogP contribution is 2.17. The summed E-state index contributed by atoms with van der Waals surface area (Å²) < 4.78 is 7.44. The fourth-order valence-electron chi connectivity index (χ4n) is 1.80. The Kier molecular flexibility index (Phi) is 4.44. The maximum absolute atomic E-state index is 5.55. The molecule has 1 heterocycles. The molecule has 0 amide bonds. The van der Waals surface area contributed by atoms with Gasteiger partial charge in [-0.1, -0.05) is 6.92 Å². The van der Waals surface area contributed by atoms with Gasteiger partial charge in [0.05, 0.1) is 12.8 Å². The zero-order valence-corrected chi connectivity index (χ0v) is 11.8. The van der Waals surface area contributed by atoms with Gasteiger partial charge in [-0.25, -0.2) is 0 Å². The van der Waals surface area contributed by atoms with Crippen molar-refractivity contribution in [1.29, 1.82) is 0 Å². The molecule has 0 bridgehead atoms. The van der Waals surface area contributed by atoms with E-state index in [9.17, 15) is 0 Å². The number of ether oxygens (including phenoxy) is 1. The van der Waals surface area contributed by atoms with Crippen molar-refractivity contribution in [3.8, 4) is 5.75 Å². The lowest BCUT2D eigenvalue weighted by Crippen LogP contribution is -2.01. The van der Waals surface area contributed by atoms with Crippen LogP contribution in [0.25, 0.3) is 0 Å². The molecule has 0 aliphatic heterocycles. The molecule has 0 atom stereocenters. The number of anilines is 1. The van der Waals surface area contributed by atoms with Crippen molar-refractivity contribution < 1.29 is 4.74 Å². The van der Waals surface area contributed by atoms with Crippen molar-refractivity contribution in [1.82, 2.24) is 9.78 Å². The lowest BCUT2D eigenvalue weighted by molar-refractivity contribution is 0.317. The Hall–Kier alpha value is -1.97. The largest absolute Gasteiger partial charge is 0.494 e. The van der Waals surface area contributed by atoms with Gasteiger partial charge in [0, 0.05) is 30.5 Å². The van der Waals surface area contributed by atoms with E-state index in [2.05, 4.69) is 24.3 Å². The maximum Gasteiger partial charge on any atom is 0.119 e. The standard InChI is InChI=1S/C15H21N3O/c1-4-9-19-15-7-5-14(6-8-15)16-10-13-11-17-18(3)12(13)2/h5-8,11,16H,4,9-10H2,1-3H3. The topological polar surface area (TPSA) is 39.1 Å². The molecule has 0 radical (unpaired) electrons. The molecule has 2 aromatic rings. The first kappa shape index (κ1) is 13.5. The first-order chi connectivity index (χ1) is 9.20. The summed E-state index contributed by atoms with van der Waals surface area (Å²) in [5.41, 5.74) is 3.50. The lowest BCUT2D eigenvalue weighted by atomic mass is 10.2. The van der Waals surface area contributed by atoms with E-state index in [1.807, 2.05) is 42.2 Å². The average molecular weight is 259 g/mol. The third-order valence-corrected chi connectivity index (χ3v) is 3.15. The molecule has 0 aliphatic rings. The van der Waals surface area contributed by atoms with E-state index in [0.29, 0.717) is 0 Å². The summed E-state index contributed by atoms with van der Waals surface area (Å²) in [5.74, 6) is 0.921. The second-order valence-corrected chi connectivity index (χ2v) is 4.61. The summed E-state index contributed by atoms with van der Waals surface area (Å²) in [7, 11) is 1.96. The van der Waals surface area contributed by atoms with E-state index < -0.39 is 0 Å². The van der Waals surface area contributed by atoms with Crippen LogP contribution < -0.4 is 10.1 Å². The zero-order chi connectivity index (χ0) is 13.7. The molecule has 0 fully saturated rings. The first-order valence-electron chi connectivity index (χ1n) is 6.65. The van der Waals surface area contributed by atoms with Crippen LogP contribution in [-0.4, -0.2) is 16.4 Å². The number of hydrogen-bond acceptors (Lipinski definition) is 3. The Morgan fingerprint density at radius 2 is 2.00 bits per heavy atom. The summed E-state index contributed by atoms with van der Waals surface area (Å²) in [6, 6.07) is 8.07. The molecule has 0 unspecified atom stereocenters. The SMILES string of the molecule is CCCOc1ccc(NCc2cnn(C)c2C)cc1. The second-order valence-electron chi connectivity index (χ2n) is 4.61. The van der Waals surface area contributed by atoms with Crippen molar-refractivity contribution in [2.24, 2.45) is 7.05 Å². The Morgan fingerprint density at radius 1 is 1.26 bits per heavy atom. The van der Waals surface area contributed by atoms with Gasteiger partial charge in [-0.3, -0.25) is 4.68 Å². The molecule has 0 spiro atoms. The summed E-state index contributed by atoms with van der Waals surface area (Å²) in [5, 5.41) is 7.62. The molecule has 19 heavy (non-hydrogen) atoms. The fraction of sp³-hybridized carbons (Fsp3) is 0.400. The number of benzene rings is 1. The number of hydrogen-bond donors (Lipinski definition) is 1. The van der Waals surface area contributed by atoms with Crippen LogP contribution >= 0.6 is 0 Å². The van der Waals surface area contributed by atoms with Crippen LogP contribution in [0.15, 0.2) is 30.5 Å². The summed E-state index contributed by atoms with van der Waals surface area (Å²) in [6.07, 6.45) is 2.93. The predicted octanol–water partition coefficient (Wildman–Crippen LogP) is 3.13. The molecule has 0 saturated carbocycles. The van der Waals surface area contributed by atoms with Gasteiger partial charge in [0.25, 0.3) is 0 Å². The van der Waals surface area contributed by atoms with E-state index in [1.165, 1.54) is 11.3 Å². The lowest BCUT2D eigenvalue weighted by Gasteiger charge is -2.08. The van der Waals surface area contributed by atoms with E-state index in [1.54, 1.807) is 0 Å². The molecule has 1 N–H and O–H groups in total. The monoisotopic (exact) mass is 259 g/mol. The molecule has 2 rings (SSSR count). The summed E-state index contributed by atoms with van der Waals surface area (Å²) >= 11 is 0. The zero-order valence-electron chi connectivity index (χ0n) is 11.8. The van der Waals surface area contributed by atoms with Crippen molar-refractivity contribution in [2.75, 3.05) is 11.9 Å². The molecule has 4 heteroatoms. The van der Waals surface area contributed by atoms with Crippen molar-refractivity contribution in [2.45, 2.75) is 26.8 Å². The molecular weight excluding hydrogens is 238 g/mol. The molecule has 1 aromatic carbocycles. The van der Waals surface area contributed by atoms with Gasteiger partial charge in [-0.15, -0.1) is 0 Å². The molecule has 0 aliphatic carbocycles. The van der Waals surface area contributed by atoms with Gasteiger partial charge in [-0.05, 0) is 37.6 Å². The van der Waals surface area contributed by atoms with Crippen molar-refractivity contribution >= 4 is 5.69 Å². The molecule has 102 valence electrons. The molecular formula is C15H21N3O. The van der Waals surface area contributed by atoms with Crippen LogP contribution in [0.4, 0.5) is 5.69 Å². The van der Waals surface area contributed by atoms with Gasteiger partial charge in [0.1, 0.15) is 5.75 Å². The van der Waals surface area contributed by atoms with Crippen molar-refractivity contribution in [3.63, 3.8) is 0 Å². The highest BCUT2D eigenvalue weighted by atomic mass is 16.5. The van der Waals surface area contributed by atoms with Gasteiger partial charge in [-0.2, -0.15) is 5.10 Å². The van der Waals surface area contributed by atoms with Crippen LogP contribution in [-0.2, 0) is 13.6 Å². The number of nitrogens with zero attached hydrogens (tertiary/aromatic N) is 2. The van der Waals surface area contributed by atoms with Crippen LogP contribution in [0.3, 0.4) is 0 Å². The third-order valence-electron chi connectivity index (χ3n) is 3.15. The van der Waals surface area contributed by atoms with Gasteiger partial charge >= 0.3 is 0 Å². The minimum atomic E-state index is 0.766. The van der Waals surface area contributed by atoms with Crippen LogP contribution in [0.1, 0.15) is 24.6 Å². The third kappa shape index (κ3) is 3.50. The molecule has 1 aromatic heterocycles. The number of nitrogens with one attached hydrogen (secondary N) is 1. The predicted molar refractivity (Wildman–Crippen MR) is 77.5 cm³/mol. The quantitative estimate of drug-likeness (QED) is 0.866. The minimum Gasteiger partial charge on any atom is -0.494 e. The average Bonchev–Trinajstić information content (AvgIpc) is 2.75. The van der Waals surface area contributed by atoms with E-state index in [-0.39, 0.29) is 0 Å². The highest BCUT2D eigenvalue weighted by molar-refractivity contribution is 5.46. The number of rotatable bonds is 6. The minimum absolute atomic E-state index is 0.766. The number of aromatic nitrogens is 2. The smallest absolute Gasteiger partial charge is 0.119 e. The van der Waals surface area contributed by atoms with Gasteiger partial charge in [0.2, 0.25) is 0 Å². The van der Waals surface area contributed by atoms with Crippen LogP contribution in [0.5, 0.6) is 5.75 Å².